The number of fused-ring (bicyclic) bond motifs is 1. The van der Waals surface area contributed by atoms with Crippen LogP contribution in [0.1, 0.15) is 37.9 Å². The number of phenolic OH excluding ortho intramolecular Hbond substituents is 1. The number of carbonyl (C=O) groups is 3. The summed E-state index contributed by atoms with van der Waals surface area (Å²) in [6.45, 7) is 5.14. The van der Waals surface area contributed by atoms with Gasteiger partial charge >= 0.3 is 6.09 Å². The van der Waals surface area contributed by atoms with Gasteiger partial charge in [0.15, 0.2) is 0 Å². The minimum absolute atomic E-state index is 0.0143. The molecule has 0 radical (unpaired) electrons. The van der Waals surface area contributed by atoms with E-state index in [1.165, 1.54) is 24.3 Å². The molecule has 8 nitrogen and oxygen atoms in total. The van der Waals surface area contributed by atoms with Crippen LogP contribution in [0, 0.1) is 12.5 Å². The van der Waals surface area contributed by atoms with Crippen molar-refractivity contribution in [3.8, 4) is 18.2 Å². The Labute approximate surface area is 245 Å². The molecule has 214 valence electrons. The zero-order valence-corrected chi connectivity index (χ0v) is 23.7. The Morgan fingerprint density at radius 3 is 2.19 bits per heavy atom. The van der Waals surface area contributed by atoms with Gasteiger partial charge in [-0.15, -0.1) is 0 Å². The number of rotatable bonds is 8. The molecule has 0 heterocycles. The van der Waals surface area contributed by atoms with E-state index in [2.05, 4.69) is 16.7 Å². The maximum atomic E-state index is 14.1. The van der Waals surface area contributed by atoms with Gasteiger partial charge < -0.3 is 20.5 Å². The fourth-order valence-electron chi connectivity index (χ4n) is 4.48. The Bertz CT molecular complexity index is 1600. The van der Waals surface area contributed by atoms with E-state index >= 15 is 0 Å². The van der Waals surface area contributed by atoms with Crippen LogP contribution in [-0.4, -0.2) is 39.6 Å². The highest BCUT2D eigenvalue weighted by molar-refractivity contribution is 6.01. The fraction of sp³-hybridized carbons (Fsp3) is 0.206. The Hall–Kier alpha value is -5.29. The predicted molar refractivity (Wildman–Crippen MR) is 162 cm³/mol. The second-order valence-corrected chi connectivity index (χ2v) is 10.8. The van der Waals surface area contributed by atoms with Gasteiger partial charge in [-0.1, -0.05) is 79.2 Å². The van der Waals surface area contributed by atoms with E-state index in [1.54, 1.807) is 26.8 Å². The van der Waals surface area contributed by atoms with E-state index in [1.807, 2.05) is 66.7 Å². The third-order valence-electron chi connectivity index (χ3n) is 6.38. The van der Waals surface area contributed by atoms with Crippen LogP contribution in [0.4, 0.5) is 10.5 Å². The molecule has 0 aromatic heterocycles. The van der Waals surface area contributed by atoms with Crippen LogP contribution in [0.3, 0.4) is 0 Å². The molecule has 0 aliphatic carbocycles. The van der Waals surface area contributed by atoms with Gasteiger partial charge in [0.25, 0.3) is 11.8 Å². The minimum Gasteiger partial charge on any atom is -0.508 e. The van der Waals surface area contributed by atoms with Gasteiger partial charge in [0.1, 0.15) is 23.4 Å². The van der Waals surface area contributed by atoms with Gasteiger partial charge in [-0.25, -0.2) is 4.79 Å². The SMILES string of the molecule is C#CN(C(=O)C(Cc1ccccc1)NC(=O)OC(C)(C)C)C(C(=O)Nc1ccc2ccccc2c1)c1ccc(O)cc1. The molecule has 4 aromatic rings. The van der Waals surface area contributed by atoms with Crippen molar-refractivity contribution in [2.75, 3.05) is 5.32 Å². The summed E-state index contributed by atoms with van der Waals surface area (Å²) < 4.78 is 5.41. The molecule has 0 aliphatic rings. The maximum Gasteiger partial charge on any atom is 0.408 e. The normalized spacial score (nSPS) is 12.4. The Balaban J connectivity index is 1.69. The Morgan fingerprint density at radius 2 is 1.55 bits per heavy atom. The molecule has 0 aliphatic heterocycles. The smallest absolute Gasteiger partial charge is 0.408 e. The standard InChI is InChI=1S/C34H33N3O5/c1-5-37(32(40)29(21-23-11-7-6-8-12-23)36-33(41)42-34(2,3)4)30(25-16-19-28(38)20-17-25)31(39)35-27-18-15-24-13-9-10-14-26(24)22-27/h1,6-20,22,29-30,38H,21H2,2-4H3,(H,35,39)(H,36,41). The molecule has 3 N–H and O–H groups in total. The number of amides is 3. The van der Waals surface area contributed by atoms with Crippen LogP contribution in [0.15, 0.2) is 97.1 Å². The first kappa shape index (κ1) is 29.7. The number of nitrogens with one attached hydrogen (secondary N) is 2. The molecule has 42 heavy (non-hydrogen) atoms. The molecule has 0 saturated heterocycles. The van der Waals surface area contributed by atoms with Crippen molar-refractivity contribution < 1.29 is 24.2 Å². The average molecular weight is 564 g/mol. The molecule has 4 rings (SSSR count). The quantitative estimate of drug-likeness (QED) is 0.186. The van der Waals surface area contributed by atoms with Gasteiger partial charge in [-0.05, 0) is 66.9 Å². The zero-order valence-electron chi connectivity index (χ0n) is 23.7. The highest BCUT2D eigenvalue weighted by Crippen LogP contribution is 2.27. The Morgan fingerprint density at radius 1 is 0.905 bits per heavy atom. The van der Waals surface area contributed by atoms with E-state index in [4.69, 9.17) is 11.2 Å². The summed E-state index contributed by atoms with van der Waals surface area (Å²) in [6, 6.07) is 28.1. The number of aromatic hydroxyl groups is 1. The third-order valence-corrected chi connectivity index (χ3v) is 6.38. The molecular formula is C34H33N3O5. The third kappa shape index (κ3) is 7.67. The van der Waals surface area contributed by atoms with E-state index in [0.717, 1.165) is 21.2 Å². The molecule has 8 heteroatoms. The van der Waals surface area contributed by atoms with E-state index in [9.17, 15) is 19.5 Å². The minimum atomic E-state index is -1.28. The van der Waals surface area contributed by atoms with Crippen molar-refractivity contribution in [3.05, 3.63) is 108 Å². The number of carbonyl (C=O) groups excluding carboxylic acids is 3. The second-order valence-electron chi connectivity index (χ2n) is 10.8. The number of ether oxygens (including phenoxy) is 1. The van der Waals surface area contributed by atoms with Crippen molar-refractivity contribution in [1.29, 1.82) is 0 Å². The summed E-state index contributed by atoms with van der Waals surface area (Å²) in [5, 5.41) is 17.3. The lowest BCUT2D eigenvalue weighted by Crippen LogP contribution is -2.51. The zero-order chi connectivity index (χ0) is 30.3. The lowest BCUT2D eigenvalue weighted by Gasteiger charge is -2.30. The molecule has 2 unspecified atom stereocenters. The number of hydrogen-bond donors (Lipinski definition) is 3. The van der Waals surface area contributed by atoms with Crippen molar-refractivity contribution >= 4 is 34.4 Å². The van der Waals surface area contributed by atoms with Crippen LogP contribution >= 0.6 is 0 Å². The summed E-state index contributed by atoms with van der Waals surface area (Å²) in [7, 11) is 0. The summed E-state index contributed by atoms with van der Waals surface area (Å²) in [4.78, 5) is 41.7. The van der Waals surface area contributed by atoms with Crippen molar-refractivity contribution in [2.24, 2.45) is 0 Å². The molecule has 0 bridgehead atoms. The number of benzene rings is 4. The fourth-order valence-corrected chi connectivity index (χ4v) is 4.48. The highest BCUT2D eigenvalue weighted by atomic mass is 16.6. The molecule has 0 saturated carbocycles. The van der Waals surface area contributed by atoms with Gasteiger partial charge in [-0.3, -0.25) is 14.5 Å². The summed E-state index contributed by atoms with van der Waals surface area (Å²) in [5.74, 6) is -1.27. The maximum absolute atomic E-state index is 14.1. The molecule has 3 amide bonds. The van der Waals surface area contributed by atoms with E-state index in [-0.39, 0.29) is 12.2 Å². The summed E-state index contributed by atoms with van der Waals surface area (Å²) in [6.07, 6.45) is 5.20. The first-order valence-corrected chi connectivity index (χ1v) is 13.5. The van der Waals surface area contributed by atoms with Crippen LogP contribution in [0.25, 0.3) is 10.8 Å². The number of anilines is 1. The van der Waals surface area contributed by atoms with Crippen LogP contribution in [0.5, 0.6) is 5.75 Å². The first-order chi connectivity index (χ1) is 20.0. The number of terminal acetylenes is 1. The topological polar surface area (TPSA) is 108 Å². The number of hydrogen-bond acceptors (Lipinski definition) is 5. The molecule has 4 aromatic carbocycles. The van der Waals surface area contributed by atoms with E-state index in [0.29, 0.717) is 11.3 Å². The largest absolute Gasteiger partial charge is 0.508 e. The number of nitrogens with zero attached hydrogens (tertiary/aromatic N) is 1. The predicted octanol–water partition coefficient (Wildman–Crippen LogP) is 5.78. The van der Waals surface area contributed by atoms with Gasteiger partial charge in [0.05, 0.1) is 0 Å². The second kappa shape index (κ2) is 12.9. The highest BCUT2D eigenvalue weighted by Gasteiger charge is 2.36. The first-order valence-electron chi connectivity index (χ1n) is 13.5. The Kier molecular flexibility index (Phi) is 9.13. The van der Waals surface area contributed by atoms with Gasteiger partial charge in [0.2, 0.25) is 0 Å². The molecule has 0 spiro atoms. The summed E-state index contributed by atoms with van der Waals surface area (Å²) >= 11 is 0. The van der Waals surface area contributed by atoms with Crippen molar-refractivity contribution in [2.45, 2.75) is 44.9 Å². The van der Waals surface area contributed by atoms with Crippen LogP contribution in [-0.2, 0) is 20.7 Å². The number of alkyl carbamates (subject to hydrolysis) is 1. The number of phenols is 1. The van der Waals surface area contributed by atoms with E-state index < -0.39 is 35.6 Å². The lowest BCUT2D eigenvalue weighted by molar-refractivity contribution is -0.136. The summed E-state index contributed by atoms with van der Waals surface area (Å²) in [5.41, 5.74) is 0.850. The van der Waals surface area contributed by atoms with Crippen molar-refractivity contribution in [3.63, 3.8) is 0 Å². The van der Waals surface area contributed by atoms with Gasteiger partial charge in [0, 0.05) is 18.2 Å². The molecular weight excluding hydrogens is 530 g/mol. The monoisotopic (exact) mass is 563 g/mol. The van der Waals surface area contributed by atoms with Crippen LogP contribution in [0.2, 0.25) is 0 Å². The van der Waals surface area contributed by atoms with Crippen LogP contribution < -0.4 is 10.6 Å². The molecule has 0 fully saturated rings. The molecule has 2 atom stereocenters. The average Bonchev–Trinajstić information content (AvgIpc) is 2.95. The van der Waals surface area contributed by atoms with Crippen molar-refractivity contribution in [1.82, 2.24) is 10.2 Å². The van der Waals surface area contributed by atoms with Gasteiger partial charge in [-0.2, -0.15) is 0 Å². The lowest BCUT2D eigenvalue weighted by atomic mass is 10.0.